The molecule has 6 heteroatoms. The lowest BCUT2D eigenvalue weighted by atomic mass is 9.93. The number of nitrogens with two attached hydrogens (primary N) is 2. The summed E-state index contributed by atoms with van der Waals surface area (Å²) in [6.07, 6.45) is 7.97. The van der Waals surface area contributed by atoms with Gasteiger partial charge in [-0.15, -0.1) is 0 Å². The topological polar surface area (TPSA) is 108 Å². The molecule has 0 unspecified atom stereocenters. The lowest BCUT2D eigenvalue weighted by Gasteiger charge is -2.14. The highest BCUT2D eigenvalue weighted by Gasteiger charge is 2.48. The van der Waals surface area contributed by atoms with E-state index in [2.05, 4.69) is 6.08 Å². The molecule has 114 valence electrons. The summed E-state index contributed by atoms with van der Waals surface area (Å²) in [6, 6.07) is 0. The summed E-state index contributed by atoms with van der Waals surface area (Å²) in [5, 5.41) is 0. The fraction of sp³-hybridized carbons (Fsp3) is 0.467. The van der Waals surface area contributed by atoms with Gasteiger partial charge in [0, 0.05) is 6.42 Å². The zero-order valence-electron chi connectivity index (χ0n) is 12.0. The fourth-order valence-corrected chi connectivity index (χ4v) is 2.47. The number of hydrogen-bond acceptors (Lipinski definition) is 4. The first-order valence-electron chi connectivity index (χ1n) is 7.00. The van der Waals surface area contributed by atoms with E-state index in [1.54, 1.807) is 6.08 Å². The number of carbonyl (C=O) groups is 2. The Morgan fingerprint density at radius 3 is 2.90 bits per heavy atom. The van der Waals surface area contributed by atoms with Gasteiger partial charge in [-0.05, 0) is 24.0 Å². The van der Waals surface area contributed by atoms with Crippen LogP contribution >= 0.6 is 0 Å². The van der Waals surface area contributed by atoms with Crippen molar-refractivity contribution in [3.05, 3.63) is 35.5 Å². The minimum Gasteiger partial charge on any atom is -0.444 e. The molecule has 1 saturated heterocycles. The molecule has 1 aliphatic heterocycles. The third kappa shape index (κ3) is 3.95. The van der Waals surface area contributed by atoms with Crippen LogP contribution < -0.4 is 11.5 Å². The van der Waals surface area contributed by atoms with Crippen LogP contribution in [-0.4, -0.2) is 30.3 Å². The maximum Gasteiger partial charge on any atom is 0.404 e. The summed E-state index contributed by atoms with van der Waals surface area (Å²) in [4.78, 5) is 21.8. The fourth-order valence-electron chi connectivity index (χ4n) is 2.47. The highest BCUT2D eigenvalue weighted by atomic mass is 16.6. The van der Waals surface area contributed by atoms with Gasteiger partial charge in [-0.1, -0.05) is 31.2 Å². The first-order valence-corrected chi connectivity index (χ1v) is 7.00. The summed E-state index contributed by atoms with van der Waals surface area (Å²) >= 11 is 0. The molecule has 2 aliphatic rings. The molecule has 0 saturated carbocycles. The van der Waals surface area contributed by atoms with Gasteiger partial charge in [-0.25, -0.2) is 4.79 Å². The standard InChI is InChI=1S/C15H20N2O4/c1-2-11(20-15(17)19)14-13(21-14)10-6-4-3-5-9(10)7-8-12(16)18/h3,5-7,11,13-14H,2,4,8H2,1H3,(H2,16,18)(H2,17,19)/b9-7+/t11-,13-,14+/m1/s1. The molecule has 0 aromatic heterocycles. The molecular formula is C15H20N2O4. The molecule has 1 heterocycles. The van der Waals surface area contributed by atoms with Gasteiger partial charge in [0.2, 0.25) is 5.91 Å². The van der Waals surface area contributed by atoms with Crippen LogP contribution in [0.3, 0.4) is 0 Å². The van der Waals surface area contributed by atoms with Gasteiger partial charge in [-0.2, -0.15) is 0 Å². The number of epoxide rings is 1. The second-order valence-corrected chi connectivity index (χ2v) is 5.03. The average molecular weight is 292 g/mol. The summed E-state index contributed by atoms with van der Waals surface area (Å²) < 4.78 is 10.7. The van der Waals surface area contributed by atoms with Gasteiger partial charge in [0.1, 0.15) is 18.3 Å². The molecule has 3 atom stereocenters. The molecule has 0 bridgehead atoms. The second-order valence-electron chi connectivity index (χ2n) is 5.03. The largest absolute Gasteiger partial charge is 0.444 e. The number of allylic oxidation sites excluding steroid dienone is 3. The highest BCUT2D eigenvalue weighted by Crippen LogP contribution is 2.39. The molecule has 1 aliphatic carbocycles. The van der Waals surface area contributed by atoms with Gasteiger partial charge >= 0.3 is 6.09 Å². The van der Waals surface area contributed by atoms with Crippen molar-refractivity contribution in [3.63, 3.8) is 0 Å². The van der Waals surface area contributed by atoms with Crippen molar-refractivity contribution in [2.45, 2.75) is 44.5 Å². The van der Waals surface area contributed by atoms with E-state index in [-0.39, 0.29) is 30.6 Å². The third-order valence-corrected chi connectivity index (χ3v) is 3.50. The van der Waals surface area contributed by atoms with Crippen molar-refractivity contribution in [2.75, 3.05) is 0 Å². The maximum atomic E-state index is 10.9. The van der Waals surface area contributed by atoms with E-state index < -0.39 is 6.09 Å². The van der Waals surface area contributed by atoms with Gasteiger partial charge in [-0.3, -0.25) is 4.79 Å². The summed E-state index contributed by atoms with van der Waals surface area (Å²) in [5.74, 6) is -0.377. The molecule has 21 heavy (non-hydrogen) atoms. The quantitative estimate of drug-likeness (QED) is 0.719. The predicted octanol–water partition coefficient (Wildman–Crippen LogP) is 1.32. The molecule has 0 radical (unpaired) electrons. The smallest absolute Gasteiger partial charge is 0.404 e. The average Bonchev–Trinajstić information content (AvgIpc) is 3.22. The minimum absolute atomic E-state index is 0.127. The zero-order chi connectivity index (χ0) is 15.4. The zero-order valence-corrected chi connectivity index (χ0v) is 12.0. The van der Waals surface area contributed by atoms with Crippen LogP contribution in [0.1, 0.15) is 26.2 Å². The Kier molecular flexibility index (Phi) is 4.80. The van der Waals surface area contributed by atoms with Crippen molar-refractivity contribution < 1.29 is 19.1 Å². The molecule has 0 spiro atoms. The Morgan fingerprint density at radius 2 is 2.29 bits per heavy atom. The predicted molar refractivity (Wildman–Crippen MR) is 77.1 cm³/mol. The number of amides is 2. The van der Waals surface area contributed by atoms with Crippen LogP contribution in [0.15, 0.2) is 35.5 Å². The first kappa shape index (κ1) is 15.3. The number of primary amides is 2. The third-order valence-electron chi connectivity index (χ3n) is 3.50. The number of rotatable bonds is 6. The van der Waals surface area contributed by atoms with E-state index >= 15 is 0 Å². The molecule has 2 amide bonds. The first-order chi connectivity index (χ1) is 10.0. The van der Waals surface area contributed by atoms with E-state index in [4.69, 9.17) is 20.9 Å². The normalized spacial score (nSPS) is 27.1. The molecule has 4 N–H and O–H groups in total. The van der Waals surface area contributed by atoms with Crippen LogP contribution in [-0.2, 0) is 14.3 Å². The summed E-state index contributed by atoms with van der Waals surface area (Å²) in [7, 11) is 0. The van der Waals surface area contributed by atoms with Gasteiger partial charge < -0.3 is 20.9 Å². The summed E-state index contributed by atoms with van der Waals surface area (Å²) in [6.45, 7) is 1.91. The van der Waals surface area contributed by atoms with Gasteiger partial charge in [0.05, 0.1) is 0 Å². The molecular weight excluding hydrogens is 272 g/mol. The lowest BCUT2D eigenvalue weighted by Crippen LogP contribution is -2.28. The van der Waals surface area contributed by atoms with Gasteiger partial charge in [0.15, 0.2) is 0 Å². The Bertz CT molecular complexity index is 522. The molecule has 0 aromatic rings. The summed E-state index contributed by atoms with van der Waals surface area (Å²) in [5.41, 5.74) is 12.2. The van der Waals surface area contributed by atoms with E-state index in [0.717, 1.165) is 17.6 Å². The molecule has 2 rings (SSSR count). The van der Waals surface area contributed by atoms with E-state index in [0.29, 0.717) is 6.42 Å². The van der Waals surface area contributed by atoms with E-state index in [1.165, 1.54) is 0 Å². The number of ether oxygens (including phenoxy) is 2. The number of carbonyl (C=O) groups excluding carboxylic acids is 2. The van der Waals surface area contributed by atoms with Crippen LogP contribution in [0.5, 0.6) is 0 Å². The van der Waals surface area contributed by atoms with Crippen molar-refractivity contribution in [3.8, 4) is 0 Å². The molecule has 6 nitrogen and oxygen atoms in total. The lowest BCUT2D eigenvalue weighted by molar-refractivity contribution is -0.117. The molecule has 1 fully saturated rings. The SMILES string of the molecule is CC[C@@H](OC(N)=O)[C@@H]1O[C@@H]1C1=CCC=C/C1=C\CC(N)=O. The maximum absolute atomic E-state index is 10.9. The van der Waals surface area contributed by atoms with Crippen molar-refractivity contribution in [1.29, 1.82) is 0 Å². The van der Waals surface area contributed by atoms with Crippen LogP contribution in [0.25, 0.3) is 0 Å². The van der Waals surface area contributed by atoms with Crippen LogP contribution in [0, 0.1) is 0 Å². The Labute approximate surface area is 123 Å². The van der Waals surface area contributed by atoms with Gasteiger partial charge in [0.25, 0.3) is 0 Å². The van der Waals surface area contributed by atoms with E-state index in [9.17, 15) is 9.59 Å². The van der Waals surface area contributed by atoms with Crippen LogP contribution in [0.2, 0.25) is 0 Å². The monoisotopic (exact) mass is 292 g/mol. The second kappa shape index (κ2) is 6.58. The van der Waals surface area contributed by atoms with Crippen molar-refractivity contribution >= 4 is 12.0 Å². The Hall–Kier alpha value is -2.08. The minimum atomic E-state index is -0.793. The highest BCUT2D eigenvalue weighted by molar-refractivity contribution is 5.76. The van der Waals surface area contributed by atoms with Crippen LogP contribution in [0.4, 0.5) is 4.79 Å². The Morgan fingerprint density at radius 1 is 1.52 bits per heavy atom. The van der Waals surface area contributed by atoms with Crippen molar-refractivity contribution in [1.82, 2.24) is 0 Å². The Balaban J connectivity index is 2.04. The molecule has 0 aromatic carbocycles. The van der Waals surface area contributed by atoms with E-state index in [1.807, 2.05) is 19.1 Å². The number of hydrogen-bond donors (Lipinski definition) is 2. The van der Waals surface area contributed by atoms with Crippen molar-refractivity contribution in [2.24, 2.45) is 11.5 Å².